The fourth-order valence-corrected chi connectivity index (χ4v) is 5.81. The summed E-state index contributed by atoms with van der Waals surface area (Å²) in [5, 5.41) is 18.0. The molecule has 1 atom stereocenters. The van der Waals surface area contributed by atoms with Gasteiger partial charge in [-0.25, -0.2) is 0 Å². The van der Waals surface area contributed by atoms with E-state index in [4.69, 9.17) is 0 Å². The number of hydrogen-bond donors (Lipinski definition) is 2. The summed E-state index contributed by atoms with van der Waals surface area (Å²) in [5.41, 5.74) is -0.121. The predicted molar refractivity (Wildman–Crippen MR) is 130 cm³/mol. The van der Waals surface area contributed by atoms with Crippen LogP contribution in [0, 0.1) is 0 Å². The highest BCUT2D eigenvalue weighted by atomic mass is 19.4. The zero-order valence-corrected chi connectivity index (χ0v) is 20.3. The summed E-state index contributed by atoms with van der Waals surface area (Å²) in [6.45, 7) is 1.43. The Balaban J connectivity index is 1.46. The van der Waals surface area contributed by atoms with E-state index >= 15 is 0 Å². The maximum Gasteiger partial charge on any atom is 0.418 e. The third-order valence-corrected chi connectivity index (χ3v) is 7.82. The number of β-amino-alcohol motifs (C(OH)–C–C–N with tert-alkyl or cyclic N) is 1. The number of aliphatic hydroxyl groups is 1. The first-order valence-electron chi connectivity index (χ1n) is 12.4. The van der Waals surface area contributed by atoms with Crippen LogP contribution < -0.4 is 5.56 Å². The van der Waals surface area contributed by atoms with Crippen LogP contribution in [-0.4, -0.2) is 53.5 Å². The number of alkyl halides is 3. The molecule has 2 fully saturated rings. The lowest BCUT2D eigenvalue weighted by Gasteiger charge is -2.41. The van der Waals surface area contributed by atoms with Gasteiger partial charge in [-0.2, -0.15) is 13.2 Å². The molecular weight excluding hydrogens is 485 g/mol. The van der Waals surface area contributed by atoms with Crippen LogP contribution in [0.15, 0.2) is 47.7 Å². The number of H-pyrrole nitrogens is 1. The molecule has 194 valence electrons. The van der Waals surface area contributed by atoms with E-state index in [-0.39, 0.29) is 16.3 Å². The van der Waals surface area contributed by atoms with Crippen LogP contribution in [0.2, 0.25) is 0 Å². The van der Waals surface area contributed by atoms with E-state index in [0.29, 0.717) is 37.4 Å². The van der Waals surface area contributed by atoms with Crippen molar-refractivity contribution >= 4 is 10.9 Å². The first-order valence-corrected chi connectivity index (χ1v) is 12.4. The molecule has 0 unspecified atom stereocenters. The number of aliphatic hydroxyl groups excluding tert-OH is 1. The maximum absolute atomic E-state index is 14.2. The van der Waals surface area contributed by atoms with Crippen molar-refractivity contribution < 1.29 is 18.3 Å². The van der Waals surface area contributed by atoms with Gasteiger partial charge in [-0.3, -0.25) is 14.3 Å². The molecule has 1 saturated carbocycles. The van der Waals surface area contributed by atoms with Crippen LogP contribution in [0.4, 0.5) is 13.2 Å². The first kappa shape index (κ1) is 23.9. The Bertz CT molecular complexity index is 1530. The Morgan fingerprint density at radius 3 is 2.68 bits per heavy atom. The number of pyridine rings is 1. The maximum atomic E-state index is 14.2. The van der Waals surface area contributed by atoms with E-state index in [2.05, 4.69) is 15.2 Å². The molecule has 1 saturated heterocycles. The van der Waals surface area contributed by atoms with Crippen LogP contribution in [0.25, 0.3) is 16.6 Å². The molecule has 4 heterocycles. The largest absolute Gasteiger partial charge is 0.418 e. The number of aryl methyl sites for hydroxylation is 1. The molecule has 4 aromatic rings. The van der Waals surface area contributed by atoms with Gasteiger partial charge in [0.25, 0.3) is 5.56 Å². The molecule has 11 heteroatoms. The van der Waals surface area contributed by atoms with Crippen molar-refractivity contribution in [2.75, 3.05) is 13.1 Å². The van der Waals surface area contributed by atoms with Gasteiger partial charge in [0, 0.05) is 49.6 Å². The van der Waals surface area contributed by atoms with Crippen LogP contribution in [-0.2, 0) is 25.2 Å². The highest BCUT2D eigenvalue weighted by Crippen LogP contribution is 2.48. The van der Waals surface area contributed by atoms with Crippen molar-refractivity contribution in [3.05, 3.63) is 75.9 Å². The average molecular weight is 513 g/mol. The number of fused-ring (bicyclic) bond motifs is 1. The Morgan fingerprint density at radius 2 is 2.05 bits per heavy atom. The van der Waals surface area contributed by atoms with E-state index in [1.165, 1.54) is 6.07 Å². The summed E-state index contributed by atoms with van der Waals surface area (Å²) in [6, 6.07) is 8.54. The van der Waals surface area contributed by atoms with E-state index < -0.39 is 23.4 Å². The number of likely N-dealkylation sites (tertiary alicyclic amines) is 1. The zero-order valence-electron chi connectivity index (χ0n) is 20.3. The van der Waals surface area contributed by atoms with Crippen LogP contribution in [0.1, 0.15) is 48.3 Å². The Kier molecular flexibility index (Phi) is 5.53. The lowest BCUT2D eigenvalue weighted by molar-refractivity contribution is -0.136. The fourth-order valence-electron chi connectivity index (χ4n) is 5.81. The zero-order chi connectivity index (χ0) is 25.9. The smallest absolute Gasteiger partial charge is 0.392 e. The topological polar surface area (TPSA) is 92.0 Å². The van der Waals surface area contributed by atoms with Gasteiger partial charge in [-0.05, 0) is 43.0 Å². The predicted octanol–water partition coefficient (Wildman–Crippen LogP) is 3.50. The second kappa shape index (κ2) is 8.56. The molecule has 0 bridgehead atoms. The van der Waals surface area contributed by atoms with Crippen LogP contribution >= 0.6 is 0 Å². The molecular formula is C26H27F3N6O2. The van der Waals surface area contributed by atoms with Crippen molar-refractivity contribution in [3.8, 4) is 5.69 Å². The molecule has 37 heavy (non-hydrogen) atoms. The van der Waals surface area contributed by atoms with Gasteiger partial charge in [-0.15, -0.1) is 10.2 Å². The van der Waals surface area contributed by atoms with E-state index in [9.17, 15) is 23.1 Å². The number of nitrogens with one attached hydrogen (secondary N) is 1. The van der Waals surface area contributed by atoms with E-state index in [1.807, 2.05) is 22.6 Å². The lowest BCUT2D eigenvalue weighted by atomic mass is 9.63. The number of halogens is 3. The standard InChI is InChI=1S/C26H27F3N6O2/c1-33-15-30-32-24(33)25(7-3-8-25)16-4-2-5-18(10-16)35-14-21(26(27,28)29)20-11-17(31-22(20)23(35)37)12-34-9-6-19(36)13-34/h2,4-5,10-11,14-15,19,31,36H,3,6-9,12-13H2,1H3/t19-/m1/s1. The molecule has 0 spiro atoms. The molecule has 1 aromatic carbocycles. The van der Waals surface area contributed by atoms with Crippen LogP contribution in [0.5, 0.6) is 0 Å². The first-order chi connectivity index (χ1) is 17.7. The lowest BCUT2D eigenvalue weighted by Crippen LogP contribution is -2.38. The van der Waals surface area contributed by atoms with Gasteiger partial charge >= 0.3 is 6.18 Å². The third-order valence-electron chi connectivity index (χ3n) is 7.82. The van der Waals surface area contributed by atoms with Gasteiger partial charge in [0.2, 0.25) is 0 Å². The Morgan fingerprint density at radius 1 is 1.24 bits per heavy atom. The average Bonchev–Trinajstić information content (AvgIpc) is 3.54. The van der Waals surface area contributed by atoms with Crippen molar-refractivity contribution in [3.63, 3.8) is 0 Å². The minimum absolute atomic E-state index is 0.0818. The van der Waals surface area contributed by atoms with Crippen LogP contribution in [0.3, 0.4) is 0 Å². The summed E-state index contributed by atoms with van der Waals surface area (Å²) >= 11 is 0. The molecule has 3 aromatic heterocycles. The van der Waals surface area contributed by atoms with Crippen molar-refractivity contribution in [2.24, 2.45) is 7.05 Å². The molecule has 0 amide bonds. The number of aromatic amines is 1. The molecule has 0 radical (unpaired) electrons. The van der Waals surface area contributed by atoms with Crippen molar-refractivity contribution in [1.82, 2.24) is 29.2 Å². The normalized spacial score (nSPS) is 20.0. The number of benzene rings is 1. The summed E-state index contributed by atoms with van der Waals surface area (Å²) in [7, 11) is 1.87. The molecule has 6 rings (SSSR count). The third kappa shape index (κ3) is 3.97. The number of aromatic nitrogens is 5. The second-order valence-corrected chi connectivity index (χ2v) is 10.2. The second-order valence-electron chi connectivity index (χ2n) is 10.2. The number of hydrogen-bond acceptors (Lipinski definition) is 5. The minimum Gasteiger partial charge on any atom is -0.392 e. The monoisotopic (exact) mass is 512 g/mol. The molecule has 1 aliphatic carbocycles. The van der Waals surface area contributed by atoms with Gasteiger partial charge < -0.3 is 14.7 Å². The molecule has 2 N–H and O–H groups in total. The van der Waals surface area contributed by atoms with Gasteiger partial charge in [0.15, 0.2) is 0 Å². The van der Waals surface area contributed by atoms with Crippen molar-refractivity contribution in [1.29, 1.82) is 0 Å². The summed E-state index contributed by atoms with van der Waals surface area (Å²) in [5.74, 6) is 0.802. The summed E-state index contributed by atoms with van der Waals surface area (Å²) in [6.07, 6.45) is 0.748. The SMILES string of the molecule is Cn1cnnc1C1(c2cccc(-n3cc(C(F)(F)F)c4cc(CN5CC[C@@H](O)C5)[nH]c4c3=O)c2)CCC1. The number of rotatable bonds is 5. The molecule has 2 aliphatic rings. The van der Waals surface area contributed by atoms with Gasteiger partial charge in [0.05, 0.1) is 17.1 Å². The summed E-state index contributed by atoms with van der Waals surface area (Å²) in [4.78, 5) is 18.4. The Hall–Kier alpha value is -3.44. The quantitative estimate of drug-likeness (QED) is 0.427. The van der Waals surface area contributed by atoms with Crippen molar-refractivity contribution in [2.45, 2.75) is 49.9 Å². The summed E-state index contributed by atoms with van der Waals surface area (Å²) < 4.78 is 45.5. The molecule has 1 aliphatic heterocycles. The Labute approximate surface area is 210 Å². The van der Waals surface area contributed by atoms with Gasteiger partial charge in [0.1, 0.15) is 17.7 Å². The van der Waals surface area contributed by atoms with Gasteiger partial charge in [-0.1, -0.05) is 18.6 Å². The minimum atomic E-state index is -4.65. The highest BCUT2D eigenvalue weighted by molar-refractivity contribution is 5.84. The fraction of sp³-hybridized carbons (Fsp3) is 0.423. The van der Waals surface area contributed by atoms with E-state index in [0.717, 1.165) is 41.4 Å². The highest BCUT2D eigenvalue weighted by Gasteiger charge is 2.44. The molecule has 8 nitrogen and oxygen atoms in total. The number of nitrogens with zero attached hydrogens (tertiary/aromatic N) is 5. The van der Waals surface area contributed by atoms with E-state index in [1.54, 1.807) is 24.5 Å².